The first-order valence-corrected chi connectivity index (χ1v) is 10.5. The second kappa shape index (κ2) is 7.75. The number of anilines is 1. The van der Waals surface area contributed by atoms with Gasteiger partial charge in [-0.2, -0.15) is 0 Å². The number of hydrogen-bond acceptors (Lipinski definition) is 6. The summed E-state index contributed by atoms with van der Waals surface area (Å²) < 4.78 is 6.21. The van der Waals surface area contributed by atoms with Gasteiger partial charge in [0, 0.05) is 59.7 Å². The van der Waals surface area contributed by atoms with Crippen molar-refractivity contribution < 1.29 is 9.53 Å². The minimum absolute atomic E-state index is 0.0274. The molecular weight excluding hydrogens is 372 g/mol. The van der Waals surface area contributed by atoms with Crippen LogP contribution in [0.2, 0.25) is 0 Å². The summed E-state index contributed by atoms with van der Waals surface area (Å²) in [6, 6.07) is 4.58. The zero-order valence-electron chi connectivity index (χ0n) is 16.1. The highest BCUT2D eigenvalue weighted by Crippen LogP contribution is 2.43. The number of nitrogens with one attached hydrogen (secondary N) is 2. The van der Waals surface area contributed by atoms with Gasteiger partial charge in [-0.15, -0.1) is 0 Å². The SMILES string of the molecule is CC(=O)N1c2ccc(/C(C=N)=C/NC3CC3)c(Oc3nccs3)c2CC[C@@H]1C. The van der Waals surface area contributed by atoms with Crippen molar-refractivity contribution in [3.63, 3.8) is 0 Å². The van der Waals surface area contributed by atoms with Crippen LogP contribution in [-0.4, -0.2) is 29.2 Å². The molecule has 2 aliphatic rings. The van der Waals surface area contributed by atoms with Crippen molar-refractivity contribution >= 4 is 34.7 Å². The highest BCUT2D eigenvalue weighted by atomic mass is 32.1. The maximum absolute atomic E-state index is 12.3. The zero-order valence-corrected chi connectivity index (χ0v) is 16.9. The number of fused-ring (bicyclic) bond motifs is 1. The van der Waals surface area contributed by atoms with E-state index in [1.54, 1.807) is 13.1 Å². The van der Waals surface area contributed by atoms with Gasteiger partial charge in [-0.25, -0.2) is 4.98 Å². The number of carbonyl (C=O) groups excluding carboxylic acids is 1. The van der Waals surface area contributed by atoms with Crippen molar-refractivity contribution in [1.82, 2.24) is 10.3 Å². The number of aromatic nitrogens is 1. The van der Waals surface area contributed by atoms with Crippen LogP contribution in [0.5, 0.6) is 10.9 Å². The lowest BCUT2D eigenvalue weighted by atomic mass is 9.92. The Morgan fingerprint density at radius 2 is 2.21 bits per heavy atom. The minimum Gasteiger partial charge on any atom is -0.430 e. The van der Waals surface area contributed by atoms with Crippen molar-refractivity contribution in [3.8, 4) is 10.9 Å². The fourth-order valence-electron chi connectivity index (χ4n) is 3.63. The standard InChI is InChI=1S/C21H24N4O2S/c1-13-3-6-18-19(25(13)14(2)26)8-7-17(15(11-22)12-24-16-4-5-16)20(18)27-21-23-9-10-28-21/h7-13,16,22,24H,3-6H2,1-2H3/b15-12+,22-11?/t13-/m0/s1. The average molecular weight is 397 g/mol. The van der Waals surface area contributed by atoms with Crippen LogP contribution >= 0.6 is 11.3 Å². The van der Waals surface area contributed by atoms with E-state index in [9.17, 15) is 4.79 Å². The molecule has 1 aliphatic carbocycles. The van der Waals surface area contributed by atoms with E-state index in [1.807, 2.05) is 28.6 Å². The first-order valence-electron chi connectivity index (χ1n) is 9.58. The fourth-order valence-corrected chi connectivity index (χ4v) is 4.12. The van der Waals surface area contributed by atoms with Gasteiger partial charge in [-0.3, -0.25) is 4.79 Å². The number of nitrogens with zero attached hydrogens (tertiary/aromatic N) is 2. The van der Waals surface area contributed by atoms with Gasteiger partial charge >= 0.3 is 0 Å². The van der Waals surface area contributed by atoms with Crippen molar-refractivity contribution in [2.75, 3.05) is 4.90 Å². The molecule has 1 amide bonds. The van der Waals surface area contributed by atoms with Crippen LogP contribution in [0.4, 0.5) is 5.69 Å². The molecule has 1 fully saturated rings. The second-order valence-electron chi connectivity index (χ2n) is 7.30. The first kappa shape index (κ1) is 18.7. The Labute approximate surface area is 168 Å². The number of allylic oxidation sites excluding steroid dienone is 1. The summed E-state index contributed by atoms with van der Waals surface area (Å²) >= 11 is 1.43. The Morgan fingerprint density at radius 1 is 1.39 bits per heavy atom. The first-order chi connectivity index (χ1) is 13.6. The summed E-state index contributed by atoms with van der Waals surface area (Å²) in [5, 5.41) is 13.7. The van der Waals surface area contributed by atoms with E-state index in [0.717, 1.165) is 35.2 Å². The number of ether oxygens (including phenoxy) is 1. The van der Waals surface area contributed by atoms with E-state index in [0.29, 0.717) is 17.0 Å². The van der Waals surface area contributed by atoms with Gasteiger partial charge in [-0.05, 0) is 44.7 Å². The Kier molecular flexibility index (Phi) is 5.17. The number of carbonyl (C=O) groups is 1. The van der Waals surface area contributed by atoms with Crippen LogP contribution in [0.25, 0.3) is 5.57 Å². The third-order valence-electron chi connectivity index (χ3n) is 5.20. The number of thiazole rings is 1. The highest BCUT2D eigenvalue weighted by molar-refractivity contribution is 7.11. The molecule has 1 saturated carbocycles. The summed E-state index contributed by atoms with van der Waals surface area (Å²) in [4.78, 5) is 18.4. The summed E-state index contributed by atoms with van der Waals surface area (Å²) in [6.45, 7) is 3.67. The van der Waals surface area contributed by atoms with Gasteiger partial charge < -0.3 is 20.4 Å². The smallest absolute Gasteiger partial charge is 0.278 e. The third kappa shape index (κ3) is 3.67. The van der Waals surface area contributed by atoms with Crippen LogP contribution in [-0.2, 0) is 11.2 Å². The number of benzene rings is 1. The lowest BCUT2D eigenvalue weighted by Gasteiger charge is -2.35. The van der Waals surface area contributed by atoms with Crippen LogP contribution < -0.4 is 15.0 Å². The molecule has 2 heterocycles. The Bertz CT molecular complexity index is 919. The molecule has 2 aromatic rings. The van der Waals surface area contributed by atoms with Gasteiger partial charge in [0.05, 0.1) is 5.69 Å². The fraction of sp³-hybridized carbons (Fsp3) is 0.381. The molecule has 1 aromatic heterocycles. The van der Waals surface area contributed by atoms with E-state index >= 15 is 0 Å². The topological polar surface area (TPSA) is 78.3 Å². The summed E-state index contributed by atoms with van der Waals surface area (Å²) in [6.07, 6.45) is 8.97. The van der Waals surface area contributed by atoms with E-state index in [-0.39, 0.29) is 11.9 Å². The summed E-state index contributed by atoms with van der Waals surface area (Å²) in [7, 11) is 0. The zero-order chi connectivity index (χ0) is 19.7. The van der Waals surface area contributed by atoms with Crippen LogP contribution in [0.15, 0.2) is 29.9 Å². The van der Waals surface area contributed by atoms with E-state index in [2.05, 4.69) is 17.2 Å². The molecule has 1 atom stereocenters. The molecule has 28 heavy (non-hydrogen) atoms. The van der Waals surface area contributed by atoms with Gasteiger partial charge in [0.25, 0.3) is 5.19 Å². The van der Waals surface area contributed by atoms with E-state index < -0.39 is 0 Å². The lowest BCUT2D eigenvalue weighted by Crippen LogP contribution is -2.40. The predicted molar refractivity (Wildman–Crippen MR) is 112 cm³/mol. The summed E-state index contributed by atoms with van der Waals surface area (Å²) in [5.41, 5.74) is 3.49. The molecule has 6 nitrogen and oxygen atoms in total. The molecule has 0 spiro atoms. The average Bonchev–Trinajstić information content (AvgIpc) is 3.36. The van der Waals surface area contributed by atoms with Crippen molar-refractivity contribution in [2.45, 2.75) is 51.6 Å². The van der Waals surface area contributed by atoms with E-state index in [1.165, 1.54) is 30.4 Å². The molecule has 0 radical (unpaired) electrons. The maximum atomic E-state index is 12.3. The van der Waals surface area contributed by atoms with Gasteiger partial charge in [-0.1, -0.05) is 11.3 Å². The molecular formula is C21H24N4O2S. The van der Waals surface area contributed by atoms with Crippen molar-refractivity contribution in [2.24, 2.45) is 0 Å². The Balaban J connectivity index is 1.82. The second-order valence-corrected chi connectivity index (χ2v) is 8.16. The van der Waals surface area contributed by atoms with Crippen molar-refractivity contribution in [3.05, 3.63) is 41.0 Å². The molecule has 0 bridgehead atoms. The van der Waals surface area contributed by atoms with Gasteiger partial charge in [0.1, 0.15) is 5.75 Å². The van der Waals surface area contributed by atoms with Gasteiger partial charge in [0.2, 0.25) is 5.91 Å². The maximum Gasteiger partial charge on any atom is 0.278 e. The van der Waals surface area contributed by atoms with Crippen LogP contribution in [0, 0.1) is 5.41 Å². The highest BCUT2D eigenvalue weighted by Gasteiger charge is 2.30. The Hall–Kier alpha value is -2.67. The van der Waals surface area contributed by atoms with E-state index in [4.69, 9.17) is 10.1 Å². The quantitative estimate of drug-likeness (QED) is 0.711. The number of amides is 1. The minimum atomic E-state index is 0.0274. The molecule has 4 rings (SSSR count). The Morgan fingerprint density at radius 3 is 2.86 bits per heavy atom. The monoisotopic (exact) mass is 396 g/mol. The molecule has 1 aliphatic heterocycles. The molecule has 2 N–H and O–H groups in total. The molecule has 0 unspecified atom stereocenters. The normalized spacial score (nSPS) is 19.1. The molecule has 146 valence electrons. The van der Waals surface area contributed by atoms with Crippen LogP contribution in [0.3, 0.4) is 0 Å². The van der Waals surface area contributed by atoms with Gasteiger partial charge in [0.15, 0.2) is 0 Å². The lowest BCUT2D eigenvalue weighted by molar-refractivity contribution is -0.117. The molecule has 1 aromatic carbocycles. The van der Waals surface area contributed by atoms with Crippen molar-refractivity contribution in [1.29, 1.82) is 5.41 Å². The molecule has 7 heteroatoms. The number of rotatable bonds is 6. The van der Waals surface area contributed by atoms with Crippen LogP contribution in [0.1, 0.15) is 44.2 Å². The summed E-state index contributed by atoms with van der Waals surface area (Å²) in [5.74, 6) is 0.720. The largest absolute Gasteiger partial charge is 0.430 e. The third-order valence-corrected chi connectivity index (χ3v) is 5.85. The number of hydrogen-bond donors (Lipinski definition) is 2. The molecule has 0 saturated heterocycles. The predicted octanol–water partition coefficient (Wildman–Crippen LogP) is 4.37.